The van der Waals surface area contributed by atoms with Crippen LogP contribution in [0, 0.1) is 5.82 Å². The Kier molecular flexibility index (Phi) is 6.10. The third kappa shape index (κ3) is 3.55. The molecule has 1 aromatic carbocycles. The largest absolute Gasteiger partial charge is 0.369 e. The topological polar surface area (TPSA) is 55.6 Å². The van der Waals surface area contributed by atoms with Crippen LogP contribution in [0.3, 0.4) is 0 Å². The van der Waals surface area contributed by atoms with Crippen LogP contribution in [-0.2, 0) is 9.53 Å². The molecular weight excluding hydrogens is 259 g/mol. The molecule has 0 saturated carbocycles. The van der Waals surface area contributed by atoms with Crippen molar-refractivity contribution >= 4 is 11.6 Å². The quantitative estimate of drug-likeness (QED) is 0.835. The second kappa shape index (κ2) is 7.36. The van der Waals surface area contributed by atoms with Gasteiger partial charge in [-0.2, -0.15) is 0 Å². The molecule has 1 unspecified atom stereocenters. The Morgan fingerprint density at radius 3 is 2.60 bits per heavy atom. The first kappa shape index (κ1) is 16.6. The zero-order valence-electron chi connectivity index (χ0n) is 12.4. The van der Waals surface area contributed by atoms with Crippen LogP contribution in [0.1, 0.15) is 26.7 Å². The zero-order valence-corrected chi connectivity index (χ0v) is 12.4. The molecule has 0 aliphatic carbocycles. The van der Waals surface area contributed by atoms with Gasteiger partial charge in [-0.25, -0.2) is 4.39 Å². The molecule has 0 radical (unpaired) electrons. The fraction of sp³-hybridized carbons (Fsp3) is 0.533. The van der Waals surface area contributed by atoms with Gasteiger partial charge in [-0.15, -0.1) is 0 Å². The molecule has 0 spiro atoms. The van der Waals surface area contributed by atoms with E-state index in [2.05, 4.69) is 0 Å². The third-order valence-electron chi connectivity index (χ3n) is 3.55. The van der Waals surface area contributed by atoms with Crippen molar-refractivity contribution < 1.29 is 13.9 Å². The Morgan fingerprint density at radius 2 is 2.10 bits per heavy atom. The lowest BCUT2D eigenvalue weighted by atomic mass is 10.0. The molecule has 20 heavy (non-hydrogen) atoms. The number of methoxy groups -OCH3 is 1. The Hall–Kier alpha value is -1.46. The van der Waals surface area contributed by atoms with Gasteiger partial charge in [0.25, 0.3) is 5.91 Å². The van der Waals surface area contributed by atoms with Crippen LogP contribution < -0.4 is 10.6 Å². The van der Waals surface area contributed by atoms with Gasteiger partial charge in [0.05, 0.1) is 5.69 Å². The molecule has 2 N–H and O–H groups in total. The Balaban J connectivity index is 3.13. The number of nitrogens with two attached hydrogens (primary N) is 1. The smallest absolute Gasteiger partial charge is 0.258 e. The van der Waals surface area contributed by atoms with Gasteiger partial charge in [0.15, 0.2) is 0 Å². The lowest BCUT2D eigenvalue weighted by Crippen LogP contribution is -2.49. The summed E-state index contributed by atoms with van der Waals surface area (Å²) in [6, 6.07) is 6.24. The monoisotopic (exact) mass is 282 g/mol. The van der Waals surface area contributed by atoms with Gasteiger partial charge in [0.2, 0.25) is 0 Å². The molecule has 1 aromatic rings. The summed E-state index contributed by atoms with van der Waals surface area (Å²) in [5.74, 6) is -0.673. The van der Waals surface area contributed by atoms with Crippen molar-refractivity contribution in [3.8, 4) is 0 Å². The molecule has 5 heteroatoms. The molecule has 0 saturated heterocycles. The molecule has 0 fully saturated rings. The highest BCUT2D eigenvalue weighted by atomic mass is 19.1. The fourth-order valence-corrected chi connectivity index (χ4v) is 1.92. The van der Waals surface area contributed by atoms with Crippen LogP contribution in [0.4, 0.5) is 10.1 Å². The van der Waals surface area contributed by atoms with E-state index in [9.17, 15) is 9.18 Å². The number of carbonyl (C=O) groups is 1. The van der Waals surface area contributed by atoms with Gasteiger partial charge in [-0.1, -0.05) is 19.1 Å². The number of halogens is 1. The summed E-state index contributed by atoms with van der Waals surface area (Å²) < 4.78 is 19.3. The second-order valence-electron chi connectivity index (χ2n) is 4.84. The van der Waals surface area contributed by atoms with E-state index in [0.717, 1.165) is 0 Å². The minimum absolute atomic E-state index is 0.249. The van der Waals surface area contributed by atoms with Crippen LogP contribution in [0.25, 0.3) is 0 Å². The van der Waals surface area contributed by atoms with E-state index in [1.807, 2.05) is 6.92 Å². The average molecular weight is 282 g/mol. The summed E-state index contributed by atoms with van der Waals surface area (Å²) in [5.41, 5.74) is 4.81. The summed E-state index contributed by atoms with van der Waals surface area (Å²) in [5, 5.41) is 0. The maximum atomic E-state index is 14.0. The maximum Gasteiger partial charge on any atom is 0.258 e. The van der Waals surface area contributed by atoms with Gasteiger partial charge in [0, 0.05) is 13.7 Å². The number of ether oxygens (including phenoxy) is 1. The lowest BCUT2D eigenvalue weighted by Gasteiger charge is -2.33. The van der Waals surface area contributed by atoms with E-state index >= 15 is 0 Å². The van der Waals surface area contributed by atoms with Gasteiger partial charge in [0.1, 0.15) is 11.4 Å². The van der Waals surface area contributed by atoms with Gasteiger partial charge < -0.3 is 15.4 Å². The number of rotatable bonds is 7. The number of amides is 1. The predicted octanol–water partition coefficient (Wildman–Crippen LogP) is 2.32. The minimum atomic E-state index is -0.961. The fourth-order valence-electron chi connectivity index (χ4n) is 1.92. The molecule has 0 heterocycles. The minimum Gasteiger partial charge on any atom is -0.369 e. The number of carbonyl (C=O) groups excluding carboxylic acids is 1. The van der Waals surface area contributed by atoms with Crippen molar-refractivity contribution in [3.63, 3.8) is 0 Å². The molecule has 0 aromatic heterocycles. The Bertz CT molecular complexity index is 447. The van der Waals surface area contributed by atoms with Gasteiger partial charge in [-0.3, -0.25) is 4.79 Å². The first-order chi connectivity index (χ1) is 9.50. The lowest BCUT2D eigenvalue weighted by molar-refractivity contribution is -0.138. The molecule has 0 aliphatic heterocycles. The van der Waals surface area contributed by atoms with E-state index < -0.39 is 11.4 Å². The molecule has 112 valence electrons. The van der Waals surface area contributed by atoms with E-state index in [4.69, 9.17) is 10.5 Å². The van der Waals surface area contributed by atoms with Gasteiger partial charge in [-0.05, 0) is 38.4 Å². The molecule has 1 atom stereocenters. The van der Waals surface area contributed by atoms with Crippen LogP contribution in [0.2, 0.25) is 0 Å². The normalized spacial score (nSPS) is 13.8. The molecule has 0 bridgehead atoms. The highest BCUT2D eigenvalue weighted by Crippen LogP contribution is 2.25. The maximum absolute atomic E-state index is 14.0. The first-order valence-electron chi connectivity index (χ1n) is 6.82. The van der Waals surface area contributed by atoms with Crippen molar-refractivity contribution in [1.82, 2.24) is 0 Å². The van der Waals surface area contributed by atoms with E-state index in [1.165, 1.54) is 18.1 Å². The predicted molar refractivity (Wildman–Crippen MR) is 78.1 cm³/mol. The van der Waals surface area contributed by atoms with Crippen molar-refractivity contribution in [2.45, 2.75) is 32.3 Å². The highest BCUT2D eigenvalue weighted by molar-refractivity contribution is 5.99. The average Bonchev–Trinajstić information content (AvgIpc) is 2.48. The standard InChI is InChI=1S/C15H23FN2O2/c1-4-15(2,20-3)14(19)18(11-7-10-17)13-9-6-5-8-12(13)16/h5-6,8-9H,4,7,10-11,17H2,1-3H3. The summed E-state index contributed by atoms with van der Waals surface area (Å²) in [6.45, 7) is 4.39. The molecule has 1 amide bonds. The summed E-state index contributed by atoms with van der Waals surface area (Å²) in [7, 11) is 1.49. The van der Waals surface area contributed by atoms with Crippen molar-refractivity contribution in [2.75, 3.05) is 25.1 Å². The SMILES string of the molecule is CCC(C)(OC)C(=O)N(CCCN)c1ccccc1F. The summed E-state index contributed by atoms with van der Waals surface area (Å²) in [4.78, 5) is 14.1. The van der Waals surface area contributed by atoms with Crippen LogP contribution in [0.5, 0.6) is 0 Å². The highest BCUT2D eigenvalue weighted by Gasteiger charge is 2.36. The van der Waals surface area contributed by atoms with Crippen molar-refractivity contribution in [2.24, 2.45) is 5.73 Å². The van der Waals surface area contributed by atoms with E-state index in [-0.39, 0.29) is 11.6 Å². The third-order valence-corrected chi connectivity index (χ3v) is 3.55. The molecular formula is C15H23FN2O2. The van der Waals surface area contributed by atoms with E-state index in [1.54, 1.807) is 25.1 Å². The van der Waals surface area contributed by atoms with Gasteiger partial charge >= 0.3 is 0 Å². The second-order valence-corrected chi connectivity index (χ2v) is 4.84. The molecule has 1 rings (SSSR count). The first-order valence-corrected chi connectivity index (χ1v) is 6.82. The number of anilines is 1. The number of para-hydroxylation sites is 1. The van der Waals surface area contributed by atoms with Crippen LogP contribution >= 0.6 is 0 Å². The molecule has 4 nitrogen and oxygen atoms in total. The van der Waals surface area contributed by atoms with E-state index in [0.29, 0.717) is 25.9 Å². The number of benzene rings is 1. The number of hydrogen-bond donors (Lipinski definition) is 1. The number of nitrogens with zero attached hydrogens (tertiary/aromatic N) is 1. The molecule has 0 aliphatic rings. The summed E-state index contributed by atoms with van der Waals surface area (Å²) >= 11 is 0. The number of hydrogen-bond acceptors (Lipinski definition) is 3. The van der Waals surface area contributed by atoms with Crippen LogP contribution in [0.15, 0.2) is 24.3 Å². The summed E-state index contributed by atoms with van der Waals surface area (Å²) in [6.07, 6.45) is 1.11. The Labute approximate surface area is 119 Å². The zero-order chi connectivity index (χ0) is 15.2. The van der Waals surface area contributed by atoms with Crippen molar-refractivity contribution in [1.29, 1.82) is 0 Å². The van der Waals surface area contributed by atoms with Crippen molar-refractivity contribution in [3.05, 3.63) is 30.1 Å². The Morgan fingerprint density at radius 1 is 1.45 bits per heavy atom. The van der Waals surface area contributed by atoms with Crippen LogP contribution in [-0.4, -0.2) is 31.7 Å².